The van der Waals surface area contributed by atoms with E-state index in [0.717, 1.165) is 0 Å². The SMILES string of the molecule is CC(=O)Oc1cc[c]([Bi]([Cl])([Cl])([c]2ccc(OC(C)=O)cc2)[c]2ccc(OC(C)=O)cc2)cc1. The molecule has 0 bridgehead atoms. The molecule has 33 heavy (non-hydrogen) atoms. The van der Waals surface area contributed by atoms with Crippen molar-refractivity contribution >= 4 is 61.1 Å². The Morgan fingerprint density at radius 2 is 0.727 bits per heavy atom. The second-order valence-electron chi connectivity index (χ2n) is 7.17. The van der Waals surface area contributed by atoms with E-state index in [0.29, 0.717) is 27.1 Å². The summed E-state index contributed by atoms with van der Waals surface area (Å²) in [6, 6.07) is 20.3. The number of ether oxygens (including phenoxy) is 3. The fraction of sp³-hybridized carbons (Fsp3) is 0.125. The number of hydrogen-bond donors (Lipinski definition) is 0. The Kier molecular flexibility index (Phi) is 7.47. The van der Waals surface area contributed by atoms with E-state index in [9.17, 15) is 14.4 Å². The molecule has 0 aliphatic rings. The molecule has 3 aromatic carbocycles. The second kappa shape index (κ2) is 9.80. The van der Waals surface area contributed by atoms with Crippen molar-refractivity contribution in [3.8, 4) is 17.2 Å². The van der Waals surface area contributed by atoms with Crippen LogP contribution in [-0.4, -0.2) is 34.3 Å². The van der Waals surface area contributed by atoms with Gasteiger partial charge in [0.2, 0.25) is 0 Å². The predicted octanol–water partition coefficient (Wildman–Crippen LogP) is 3.36. The van der Waals surface area contributed by atoms with Gasteiger partial charge in [0.15, 0.2) is 0 Å². The van der Waals surface area contributed by atoms with E-state index in [4.69, 9.17) is 31.2 Å². The van der Waals surface area contributed by atoms with Crippen LogP contribution in [-0.2, 0) is 14.4 Å². The molecule has 0 aliphatic heterocycles. The molecule has 0 heterocycles. The van der Waals surface area contributed by atoms with Crippen LogP contribution in [0.25, 0.3) is 0 Å². The molecular weight excluding hydrogens is 664 g/mol. The molecule has 0 atom stereocenters. The molecule has 0 spiro atoms. The monoisotopic (exact) mass is 684 g/mol. The van der Waals surface area contributed by atoms with Gasteiger partial charge >= 0.3 is 201 Å². The van der Waals surface area contributed by atoms with E-state index in [1.165, 1.54) is 20.8 Å². The van der Waals surface area contributed by atoms with Gasteiger partial charge in [0.1, 0.15) is 0 Å². The van der Waals surface area contributed by atoms with Gasteiger partial charge in [-0.1, -0.05) is 0 Å². The van der Waals surface area contributed by atoms with Gasteiger partial charge in [-0.05, 0) is 0 Å². The first kappa shape index (κ1) is 25.2. The zero-order valence-corrected chi connectivity index (χ0v) is 23.1. The summed E-state index contributed by atoms with van der Waals surface area (Å²) in [5, 5.41) is 0. The molecule has 0 fully saturated rings. The van der Waals surface area contributed by atoms with Crippen LogP contribution in [0.2, 0.25) is 0 Å². The summed E-state index contributed by atoms with van der Waals surface area (Å²) in [4.78, 5) is 33.9. The zero-order valence-electron chi connectivity index (χ0n) is 18.1. The quantitative estimate of drug-likeness (QED) is 0.225. The Morgan fingerprint density at radius 1 is 0.515 bits per heavy atom. The van der Waals surface area contributed by atoms with Crippen molar-refractivity contribution in [2.24, 2.45) is 0 Å². The first-order chi connectivity index (χ1) is 15.5. The van der Waals surface area contributed by atoms with Gasteiger partial charge in [0.25, 0.3) is 0 Å². The normalized spacial score (nSPS) is 12.2. The van der Waals surface area contributed by atoms with E-state index in [2.05, 4.69) is 0 Å². The van der Waals surface area contributed by atoms with Crippen LogP contribution in [0.15, 0.2) is 72.8 Å². The number of carbonyl (C=O) groups excluding carboxylic acids is 3. The topological polar surface area (TPSA) is 78.9 Å². The number of benzene rings is 3. The number of hydrogen-bond acceptors (Lipinski definition) is 6. The summed E-state index contributed by atoms with van der Waals surface area (Å²) in [5.41, 5.74) is 0. The van der Waals surface area contributed by atoms with Gasteiger partial charge in [-0.3, -0.25) is 0 Å². The van der Waals surface area contributed by atoms with Gasteiger partial charge in [-0.25, -0.2) is 0 Å². The van der Waals surface area contributed by atoms with Crippen molar-refractivity contribution < 1.29 is 28.6 Å². The summed E-state index contributed by atoms with van der Waals surface area (Å²) in [5.74, 6) is -0.210. The molecule has 0 N–H and O–H groups in total. The fourth-order valence-electron chi connectivity index (χ4n) is 3.27. The molecule has 172 valence electrons. The van der Waals surface area contributed by atoms with Crippen molar-refractivity contribution in [2.45, 2.75) is 20.8 Å². The van der Waals surface area contributed by atoms with Crippen LogP contribution in [0.5, 0.6) is 17.2 Å². The maximum absolute atomic E-state index is 11.3. The second-order valence-corrected chi connectivity index (χ2v) is 33.6. The van der Waals surface area contributed by atoms with E-state index >= 15 is 0 Å². The number of rotatable bonds is 6. The molecule has 3 rings (SSSR count). The third kappa shape index (κ3) is 5.55. The van der Waals surface area contributed by atoms with E-state index in [-0.39, 0.29) is 0 Å². The summed E-state index contributed by atoms with van der Waals surface area (Å²) in [6.07, 6.45) is 0. The first-order valence-electron chi connectivity index (χ1n) is 9.81. The Hall–Kier alpha value is -2.47. The van der Waals surface area contributed by atoms with Crippen LogP contribution in [0, 0.1) is 0 Å². The van der Waals surface area contributed by atoms with Crippen molar-refractivity contribution in [3.63, 3.8) is 0 Å². The average molecular weight is 685 g/mol. The van der Waals surface area contributed by atoms with E-state index in [1.54, 1.807) is 72.8 Å². The fourth-order valence-corrected chi connectivity index (χ4v) is 20.5. The van der Waals surface area contributed by atoms with Crippen LogP contribution < -0.4 is 24.0 Å². The molecule has 0 unspecified atom stereocenters. The third-order valence-corrected chi connectivity index (χ3v) is 29.0. The molecule has 0 saturated heterocycles. The predicted molar refractivity (Wildman–Crippen MR) is 130 cm³/mol. The van der Waals surface area contributed by atoms with Crippen LogP contribution in [0.4, 0.5) is 0 Å². The van der Waals surface area contributed by atoms with Gasteiger partial charge < -0.3 is 0 Å². The minimum absolute atomic E-state index is 0.368. The van der Waals surface area contributed by atoms with Crippen LogP contribution in [0.3, 0.4) is 0 Å². The van der Waals surface area contributed by atoms with Crippen molar-refractivity contribution in [1.82, 2.24) is 0 Å². The van der Waals surface area contributed by atoms with Crippen molar-refractivity contribution in [2.75, 3.05) is 0 Å². The summed E-state index contributed by atoms with van der Waals surface area (Å²) >= 11 is -5.27. The average Bonchev–Trinajstić information content (AvgIpc) is 2.74. The Morgan fingerprint density at radius 3 is 0.909 bits per heavy atom. The Balaban J connectivity index is 2.15. The maximum atomic E-state index is 11.3. The van der Waals surface area contributed by atoms with Crippen molar-refractivity contribution in [3.05, 3.63) is 72.8 Å². The molecule has 0 aliphatic carbocycles. The zero-order chi connectivity index (χ0) is 24.2. The molecule has 0 amide bonds. The molecule has 6 nitrogen and oxygen atoms in total. The molecule has 0 aromatic heterocycles. The molecule has 3 aromatic rings. The van der Waals surface area contributed by atoms with Gasteiger partial charge in [-0.2, -0.15) is 0 Å². The Labute approximate surface area is 199 Å². The van der Waals surface area contributed by atoms with E-state index < -0.39 is 34.3 Å². The summed E-state index contributed by atoms with van der Waals surface area (Å²) < 4.78 is 17.4. The van der Waals surface area contributed by atoms with Crippen LogP contribution >= 0.6 is 17.0 Å². The first-order valence-corrected chi connectivity index (χ1v) is 23.6. The van der Waals surface area contributed by atoms with Crippen LogP contribution in [0.1, 0.15) is 20.8 Å². The minimum atomic E-state index is -5.27. The molecular formula is C24H21BiCl2O6. The number of esters is 3. The molecule has 0 saturated carbocycles. The van der Waals surface area contributed by atoms with E-state index in [1.807, 2.05) is 0 Å². The summed E-state index contributed by atoms with van der Waals surface area (Å²) in [7, 11) is 15.0. The Bertz CT molecular complexity index is 1040. The third-order valence-electron chi connectivity index (χ3n) is 4.66. The van der Waals surface area contributed by atoms with Crippen molar-refractivity contribution in [1.29, 1.82) is 0 Å². The van der Waals surface area contributed by atoms with Gasteiger partial charge in [0.05, 0.1) is 0 Å². The summed E-state index contributed by atoms with van der Waals surface area (Å²) in [6.45, 7) is 3.95. The standard InChI is InChI=1S/3C8H7O2.Bi.2ClH/c3*1-7(9)10-8-5-3-2-4-6-8;;;/h3*3-6H,1H3;;2*1H/q;;;+2;;/p-2. The van der Waals surface area contributed by atoms with Gasteiger partial charge in [-0.15, -0.1) is 0 Å². The number of halogens is 2. The number of carbonyl (C=O) groups is 3. The van der Waals surface area contributed by atoms with Gasteiger partial charge in [0, 0.05) is 0 Å². The molecule has 0 radical (unpaired) electrons. The molecule has 9 heteroatoms.